The Hall–Kier alpha value is -3.33. The van der Waals surface area contributed by atoms with E-state index in [-0.39, 0.29) is 10.7 Å². The van der Waals surface area contributed by atoms with Gasteiger partial charge in [-0.2, -0.15) is 5.26 Å². The average Bonchev–Trinajstić information content (AvgIpc) is 3.51. The third-order valence-electron chi connectivity index (χ3n) is 4.09. The standard InChI is InChI=1S/C20H15N5O3S3/c1-13-9-19(24-28-13)25-31(26,27)16-6-4-15(5-7-16)22-11-14(10-21)20-23-17(12-30-20)18-3-2-8-29-18/h2-9,11-12,14H,1H3,(H,24,25). The number of aryl methyl sites for hydroxylation is 1. The maximum atomic E-state index is 12.4. The number of nitrogens with zero attached hydrogens (tertiary/aromatic N) is 4. The van der Waals surface area contributed by atoms with E-state index in [0.717, 1.165) is 10.6 Å². The van der Waals surface area contributed by atoms with Crippen LogP contribution in [0.3, 0.4) is 0 Å². The molecule has 11 heteroatoms. The van der Waals surface area contributed by atoms with Crippen molar-refractivity contribution in [3.63, 3.8) is 0 Å². The summed E-state index contributed by atoms with van der Waals surface area (Å²) >= 11 is 2.99. The first-order chi connectivity index (χ1) is 14.9. The van der Waals surface area contributed by atoms with Crippen molar-refractivity contribution in [1.29, 1.82) is 5.26 Å². The summed E-state index contributed by atoms with van der Waals surface area (Å²) in [5.74, 6) is 0.0122. The maximum Gasteiger partial charge on any atom is 0.263 e. The van der Waals surface area contributed by atoms with Gasteiger partial charge in [-0.25, -0.2) is 13.4 Å². The largest absolute Gasteiger partial charge is 0.360 e. The molecular weight excluding hydrogens is 454 g/mol. The number of aromatic nitrogens is 2. The quantitative estimate of drug-likeness (QED) is 0.381. The zero-order valence-corrected chi connectivity index (χ0v) is 18.5. The van der Waals surface area contributed by atoms with E-state index in [1.165, 1.54) is 35.8 Å². The maximum absolute atomic E-state index is 12.4. The second kappa shape index (κ2) is 8.81. The number of aliphatic imine (C=N–C) groups is 1. The Balaban J connectivity index is 1.47. The highest BCUT2D eigenvalue weighted by Gasteiger charge is 2.17. The van der Waals surface area contributed by atoms with Crippen LogP contribution < -0.4 is 4.72 Å². The SMILES string of the molecule is Cc1cc(NS(=O)(=O)c2ccc(N=CC(C#N)c3nc(-c4cccs4)cs3)cc2)no1. The predicted molar refractivity (Wildman–Crippen MR) is 120 cm³/mol. The van der Waals surface area contributed by atoms with Crippen LogP contribution in [0, 0.1) is 18.3 Å². The molecule has 0 spiro atoms. The summed E-state index contributed by atoms with van der Waals surface area (Å²) in [6, 6.07) is 13.6. The zero-order chi connectivity index (χ0) is 21.8. The molecule has 0 radical (unpaired) electrons. The van der Waals surface area contributed by atoms with E-state index >= 15 is 0 Å². The van der Waals surface area contributed by atoms with Gasteiger partial charge in [0.15, 0.2) is 5.82 Å². The number of rotatable bonds is 7. The highest BCUT2D eigenvalue weighted by molar-refractivity contribution is 7.92. The fourth-order valence-electron chi connectivity index (χ4n) is 2.60. The van der Waals surface area contributed by atoms with Crippen molar-refractivity contribution in [2.45, 2.75) is 17.7 Å². The van der Waals surface area contributed by atoms with Crippen LogP contribution in [0.25, 0.3) is 10.6 Å². The normalized spacial score (nSPS) is 12.6. The van der Waals surface area contributed by atoms with Gasteiger partial charge in [0.05, 0.1) is 27.2 Å². The van der Waals surface area contributed by atoms with E-state index in [9.17, 15) is 13.7 Å². The monoisotopic (exact) mass is 469 g/mol. The molecule has 31 heavy (non-hydrogen) atoms. The van der Waals surface area contributed by atoms with Crippen molar-refractivity contribution in [2.75, 3.05) is 4.72 Å². The van der Waals surface area contributed by atoms with Crippen LogP contribution in [0.4, 0.5) is 11.5 Å². The van der Waals surface area contributed by atoms with Crippen LogP contribution in [0.1, 0.15) is 16.7 Å². The van der Waals surface area contributed by atoms with Gasteiger partial charge in [0.25, 0.3) is 10.0 Å². The minimum atomic E-state index is -3.80. The van der Waals surface area contributed by atoms with Crippen LogP contribution in [-0.4, -0.2) is 24.8 Å². The molecule has 1 atom stereocenters. The summed E-state index contributed by atoms with van der Waals surface area (Å²) < 4.78 is 32.1. The lowest BCUT2D eigenvalue weighted by Crippen LogP contribution is -2.12. The van der Waals surface area contributed by atoms with E-state index in [2.05, 4.69) is 25.9 Å². The average molecular weight is 470 g/mol. The van der Waals surface area contributed by atoms with Gasteiger partial charge >= 0.3 is 0 Å². The van der Waals surface area contributed by atoms with Gasteiger partial charge in [0.2, 0.25) is 0 Å². The Morgan fingerprint density at radius 3 is 2.71 bits per heavy atom. The van der Waals surface area contributed by atoms with Gasteiger partial charge in [0, 0.05) is 17.7 Å². The number of thiazole rings is 1. The molecule has 3 aromatic heterocycles. The smallest absolute Gasteiger partial charge is 0.263 e. The summed E-state index contributed by atoms with van der Waals surface area (Å²) in [7, 11) is -3.80. The molecule has 156 valence electrons. The molecule has 4 aromatic rings. The van der Waals surface area contributed by atoms with E-state index in [0.29, 0.717) is 16.5 Å². The first-order valence-electron chi connectivity index (χ1n) is 8.94. The molecule has 3 heterocycles. The highest BCUT2D eigenvalue weighted by atomic mass is 32.2. The molecule has 0 fully saturated rings. The van der Waals surface area contributed by atoms with Crippen LogP contribution in [0.5, 0.6) is 0 Å². The summed E-state index contributed by atoms with van der Waals surface area (Å²) in [5.41, 5.74) is 1.36. The van der Waals surface area contributed by atoms with Gasteiger partial charge in [-0.3, -0.25) is 9.71 Å². The Morgan fingerprint density at radius 1 is 1.26 bits per heavy atom. The van der Waals surface area contributed by atoms with E-state index in [1.54, 1.807) is 30.4 Å². The number of sulfonamides is 1. The Morgan fingerprint density at radius 2 is 2.06 bits per heavy atom. The molecule has 1 aromatic carbocycles. The number of hydrogen-bond acceptors (Lipinski definition) is 9. The topological polar surface area (TPSA) is 121 Å². The lowest BCUT2D eigenvalue weighted by atomic mass is 10.2. The molecule has 1 unspecified atom stereocenters. The fraction of sp³-hybridized carbons (Fsp3) is 0.100. The second-order valence-corrected chi connectivity index (χ2v) is 9.88. The molecule has 0 aliphatic carbocycles. The van der Waals surface area contributed by atoms with E-state index in [1.807, 2.05) is 22.9 Å². The van der Waals surface area contributed by atoms with E-state index in [4.69, 9.17) is 4.52 Å². The molecule has 0 saturated heterocycles. The number of nitrogens with one attached hydrogen (secondary N) is 1. The predicted octanol–water partition coefficient (Wildman–Crippen LogP) is 4.98. The van der Waals surface area contributed by atoms with Gasteiger partial charge in [-0.1, -0.05) is 11.2 Å². The first kappa shape index (κ1) is 20.9. The summed E-state index contributed by atoms with van der Waals surface area (Å²) in [4.78, 5) is 9.96. The molecule has 4 rings (SSSR count). The van der Waals surface area contributed by atoms with Gasteiger partial charge in [0.1, 0.15) is 16.7 Å². The minimum absolute atomic E-state index is 0.0597. The van der Waals surface area contributed by atoms with Crippen molar-refractivity contribution in [3.8, 4) is 16.6 Å². The Labute approximate surface area is 186 Å². The van der Waals surface area contributed by atoms with Crippen LogP contribution in [-0.2, 0) is 10.0 Å². The molecule has 0 bridgehead atoms. The Bertz CT molecular complexity index is 1350. The Kier molecular flexibility index (Phi) is 5.94. The van der Waals surface area contributed by atoms with Crippen molar-refractivity contribution in [1.82, 2.24) is 10.1 Å². The summed E-state index contributed by atoms with van der Waals surface area (Å²) in [6.45, 7) is 1.67. The lowest BCUT2D eigenvalue weighted by Gasteiger charge is -2.05. The summed E-state index contributed by atoms with van der Waals surface area (Å²) in [6.07, 6.45) is 1.51. The number of nitriles is 1. The van der Waals surface area contributed by atoms with Crippen LogP contribution in [0.15, 0.2) is 67.6 Å². The second-order valence-electron chi connectivity index (χ2n) is 6.36. The van der Waals surface area contributed by atoms with Gasteiger partial charge in [-0.15, -0.1) is 22.7 Å². The first-order valence-corrected chi connectivity index (χ1v) is 12.2. The summed E-state index contributed by atoms with van der Waals surface area (Å²) in [5, 5.41) is 17.7. The minimum Gasteiger partial charge on any atom is -0.360 e. The molecule has 8 nitrogen and oxygen atoms in total. The van der Waals surface area contributed by atoms with E-state index < -0.39 is 15.9 Å². The van der Waals surface area contributed by atoms with Crippen LogP contribution in [0.2, 0.25) is 0 Å². The molecule has 0 saturated carbocycles. The van der Waals surface area contributed by atoms with Crippen molar-refractivity contribution in [3.05, 3.63) is 64.0 Å². The molecular formula is C20H15N5O3S3. The number of anilines is 1. The van der Waals surface area contributed by atoms with Crippen LogP contribution >= 0.6 is 22.7 Å². The fourth-order valence-corrected chi connectivity index (χ4v) is 5.17. The zero-order valence-electron chi connectivity index (χ0n) is 16.1. The number of thiophene rings is 1. The highest BCUT2D eigenvalue weighted by Crippen LogP contribution is 2.29. The molecule has 0 aliphatic heterocycles. The lowest BCUT2D eigenvalue weighted by molar-refractivity contribution is 0.400. The number of hydrogen-bond donors (Lipinski definition) is 1. The van der Waals surface area contributed by atoms with Gasteiger partial charge in [-0.05, 0) is 42.6 Å². The van der Waals surface area contributed by atoms with Crippen molar-refractivity contribution in [2.24, 2.45) is 4.99 Å². The molecule has 0 amide bonds. The number of benzene rings is 1. The molecule has 1 N–H and O–H groups in total. The third kappa shape index (κ3) is 4.88. The molecule has 0 aliphatic rings. The van der Waals surface area contributed by atoms with Gasteiger partial charge < -0.3 is 4.52 Å². The third-order valence-corrected chi connectivity index (χ3v) is 7.28. The van der Waals surface area contributed by atoms with Crippen molar-refractivity contribution < 1.29 is 12.9 Å². The van der Waals surface area contributed by atoms with Crippen molar-refractivity contribution >= 4 is 50.4 Å².